The number of rotatable bonds is 14. The molecule has 0 spiro atoms. The third-order valence-corrected chi connectivity index (χ3v) is 16.2. The van der Waals surface area contributed by atoms with E-state index in [1.165, 1.54) is 27.8 Å². The van der Waals surface area contributed by atoms with Gasteiger partial charge in [0.05, 0.1) is 37.7 Å². The number of aromatic nitrogens is 8. The van der Waals surface area contributed by atoms with Crippen LogP contribution in [0.3, 0.4) is 0 Å². The average Bonchev–Trinajstić information content (AvgIpc) is 3.87. The fourth-order valence-electron chi connectivity index (χ4n) is 11.4. The summed E-state index contributed by atoms with van der Waals surface area (Å²) in [6.45, 7) is 8.04. The van der Waals surface area contributed by atoms with Crippen molar-refractivity contribution in [2.75, 3.05) is 88.5 Å². The molecule has 4 fully saturated rings. The van der Waals surface area contributed by atoms with Gasteiger partial charge in [0.25, 0.3) is 0 Å². The molecule has 0 aliphatic carbocycles. The molecule has 72 heavy (non-hydrogen) atoms. The molecule has 4 aliphatic rings. The third kappa shape index (κ3) is 10.3. The molecule has 8 heterocycles. The number of β-amino-alcohol motifs (C(OH)–C–C–N with tert-alkyl or cyclic N) is 2. The molecule has 6 aromatic rings. The van der Waals surface area contributed by atoms with Crippen molar-refractivity contribution in [1.29, 1.82) is 0 Å². The molecule has 0 saturated carbocycles. The zero-order valence-electron chi connectivity index (χ0n) is 39.0. The molecule has 2 N–H and O–H groups in total. The molecule has 5 atom stereocenters. The first-order valence-corrected chi connectivity index (χ1v) is 25.6. The topological polar surface area (TPSA) is 141 Å². The highest BCUT2D eigenvalue weighted by Crippen LogP contribution is 2.44. The summed E-state index contributed by atoms with van der Waals surface area (Å²) < 4.78 is 90.2. The summed E-state index contributed by atoms with van der Waals surface area (Å²) in [4.78, 5) is 26.6. The average molecular weight is 1080 g/mol. The van der Waals surface area contributed by atoms with E-state index in [0.29, 0.717) is 110 Å². The van der Waals surface area contributed by atoms with Crippen molar-refractivity contribution < 1.29 is 36.6 Å². The van der Waals surface area contributed by atoms with Crippen LogP contribution in [0.25, 0.3) is 22.3 Å². The Kier molecular flexibility index (Phi) is 14.5. The second-order valence-electron chi connectivity index (χ2n) is 19.7. The van der Waals surface area contributed by atoms with Gasteiger partial charge in [-0.1, -0.05) is 58.5 Å². The number of likely N-dealkylation sites (tertiary alicyclic amines) is 2. The molecule has 0 amide bonds. The zero-order valence-corrected chi connectivity index (χ0v) is 42.0. The van der Waals surface area contributed by atoms with E-state index in [4.69, 9.17) is 56.4 Å². The number of benzene rings is 2. The van der Waals surface area contributed by atoms with E-state index in [9.17, 15) is 36.6 Å². The number of hydrogen-bond donors (Lipinski definition) is 2. The highest BCUT2D eigenvalue weighted by atomic mass is 35.5. The van der Waals surface area contributed by atoms with Gasteiger partial charge in [-0.25, -0.2) is 29.3 Å². The van der Waals surface area contributed by atoms with Gasteiger partial charge in [0, 0.05) is 79.0 Å². The van der Waals surface area contributed by atoms with Gasteiger partial charge in [0.2, 0.25) is 0 Å². The van der Waals surface area contributed by atoms with Crippen molar-refractivity contribution in [3.8, 4) is 0 Å². The summed E-state index contributed by atoms with van der Waals surface area (Å²) in [6, 6.07) is 8.05. The highest BCUT2D eigenvalue weighted by molar-refractivity contribution is 6.35. The van der Waals surface area contributed by atoms with Gasteiger partial charge in [0.1, 0.15) is 22.7 Å². The Labute approximate surface area is 430 Å². The lowest BCUT2D eigenvalue weighted by Crippen LogP contribution is -2.55. The minimum Gasteiger partial charge on any atom is -0.395 e. The van der Waals surface area contributed by atoms with Crippen LogP contribution in [0.4, 0.5) is 38.0 Å². The van der Waals surface area contributed by atoms with Crippen LogP contribution >= 0.6 is 46.4 Å². The fraction of sp³-hybridized carbons (Fsp3) is 0.542. The van der Waals surface area contributed by atoms with E-state index in [2.05, 4.69) is 30.0 Å². The third-order valence-electron chi connectivity index (χ3n) is 15.1. The zero-order chi connectivity index (χ0) is 50.8. The second-order valence-corrected chi connectivity index (χ2v) is 21.4. The minimum absolute atomic E-state index is 0.0206. The molecule has 1 unspecified atom stereocenters. The summed E-state index contributed by atoms with van der Waals surface area (Å²) >= 11 is 25.9. The number of nitrogens with zero attached hydrogens (tertiary/aromatic N) is 12. The normalized spacial score (nSPS) is 21.9. The first kappa shape index (κ1) is 51.2. The van der Waals surface area contributed by atoms with Crippen molar-refractivity contribution in [3.05, 3.63) is 91.4 Å². The Morgan fingerprint density at radius 2 is 1.15 bits per heavy atom. The van der Waals surface area contributed by atoms with Gasteiger partial charge in [-0.2, -0.15) is 36.5 Å². The monoisotopic (exact) mass is 1080 g/mol. The number of piperidine rings is 2. The Balaban J connectivity index is 0.920. The van der Waals surface area contributed by atoms with Crippen LogP contribution in [0.15, 0.2) is 48.8 Å². The van der Waals surface area contributed by atoms with Crippen molar-refractivity contribution in [1.82, 2.24) is 49.3 Å². The Hall–Kier alpha value is -4.28. The number of fused-ring (bicyclic) bond motifs is 2. The van der Waals surface area contributed by atoms with Crippen molar-refractivity contribution in [2.24, 2.45) is 29.6 Å². The maximum Gasteiger partial charge on any atom is 0.437 e. The van der Waals surface area contributed by atoms with Gasteiger partial charge in [-0.15, -0.1) is 0 Å². The Morgan fingerprint density at radius 1 is 0.639 bits per heavy atom. The lowest BCUT2D eigenvalue weighted by atomic mass is 9.75. The Bertz CT molecular complexity index is 2930. The quantitative estimate of drug-likeness (QED) is 0.101. The van der Waals surface area contributed by atoms with Crippen LogP contribution < -0.4 is 9.80 Å². The molecule has 10 rings (SSSR count). The van der Waals surface area contributed by atoms with Crippen molar-refractivity contribution in [3.63, 3.8) is 0 Å². The fourth-order valence-corrected chi connectivity index (χ4v) is 12.5. The maximum atomic E-state index is 14.9. The second kappa shape index (κ2) is 20.4. The molecule has 4 saturated heterocycles. The largest absolute Gasteiger partial charge is 0.437 e. The predicted molar refractivity (Wildman–Crippen MR) is 263 cm³/mol. The number of alkyl halides is 6. The molecule has 386 valence electrons. The van der Waals surface area contributed by atoms with Crippen LogP contribution in [-0.2, 0) is 12.4 Å². The summed E-state index contributed by atoms with van der Waals surface area (Å²) in [7, 11) is 0. The van der Waals surface area contributed by atoms with Crippen molar-refractivity contribution in [2.45, 2.75) is 57.0 Å². The summed E-state index contributed by atoms with van der Waals surface area (Å²) in [5, 5.41) is 29.1. The van der Waals surface area contributed by atoms with E-state index in [-0.39, 0.29) is 57.8 Å². The van der Waals surface area contributed by atoms with Gasteiger partial charge >= 0.3 is 12.4 Å². The molecule has 0 radical (unpaired) electrons. The van der Waals surface area contributed by atoms with E-state index >= 15 is 0 Å². The van der Waals surface area contributed by atoms with Crippen molar-refractivity contribution >= 4 is 80.4 Å². The summed E-state index contributed by atoms with van der Waals surface area (Å²) in [5.74, 6) is 1.65. The molecule has 2 aromatic carbocycles. The van der Waals surface area contributed by atoms with Crippen LogP contribution in [-0.4, -0.2) is 138 Å². The van der Waals surface area contributed by atoms with Gasteiger partial charge in [0.15, 0.2) is 22.7 Å². The number of anilines is 2. The summed E-state index contributed by atoms with van der Waals surface area (Å²) in [6.07, 6.45) is -3.86. The summed E-state index contributed by atoms with van der Waals surface area (Å²) in [5.41, 5.74) is -2.15. The van der Waals surface area contributed by atoms with Crippen LogP contribution in [0, 0.1) is 29.6 Å². The lowest BCUT2D eigenvalue weighted by Gasteiger charge is -2.49. The van der Waals surface area contributed by atoms with Crippen LogP contribution in [0.5, 0.6) is 0 Å². The lowest BCUT2D eigenvalue weighted by molar-refractivity contribution is -0.141. The SMILES string of the molecule is C[C@H](c1ccc(Cl)cc1Cl)n1nc(C(F)(F)F)c2ncc(N3CC([C@H]4CC(C[C@H](c5ccc(Cl)cc5Cl)n5nc(C(F)(F)F)c6ncc(N7CC([C@@H]8CCCN(CCO)C8)C7)nc65)CN(CCO)C4)C3)nc21. The standard InChI is InChI=1S/C48H52Cl4F6N12O2/c1-26(34-6-4-32(49)15-36(34)51)69-45-41(43(63-69)47(53,54)55)59-17-39(61-45)68-24-31(25-68)29-13-27(19-66(21-29)10-12-72)14-38(35-7-5-33(50)16-37(35)52)70-46-42(44(64-70)48(56,57)58)60-18-40(62-46)67-22-30(23-67)28-3-2-8-65(20-28)9-11-71/h4-7,15-18,26-31,38,71-72H,2-3,8-14,19-25H2,1H3/t26-,27?,28-,29+,38-/m1/s1. The Morgan fingerprint density at radius 3 is 1.71 bits per heavy atom. The maximum absolute atomic E-state index is 14.9. The molecule has 0 bridgehead atoms. The van der Waals surface area contributed by atoms with Gasteiger partial charge < -0.3 is 29.8 Å². The van der Waals surface area contributed by atoms with Crippen LogP contribution in [0.1, 0.15) is 67.2 Å². The number of halogens is 10. The van der Waals surface area contributed by atoms with E-state index in [0.717, 1.165) is 25.9 Å². The van der Waals surface area contributed by atoms with E-state index in [1.807, 2.05) is 9.80 Å². The first-order chi connectivity index (χ1) is 34.4. The number of hydrogen-bond acceptors (Lipinski definition) is 12. The predicted octanol–water partition coefficient (Wildman–Crippen LogP) is 9.41. The molecule has 4 aromatic heterocycles. The smallest absolute Gasteiger partial charge is 0.395 e. The van der Waals surface area contributed by atoms with E-state index < -0.39 is 41.3 Å². The van der Waals surface area contributed by atoms with E-state index in [1.54, 1.807) is 37.3 Å². The first-order valence-electron chi connectivity index (χ1n) is 24.1. The number of aliphatic hydroxyl groups excluding tert-OH is 2. The van der Waals surface area contributed by atoms with Crippen LogP contribution in [0.2, 0.25) is 20.1 Å². The molecular weight excluding hydrogens is 1030 g/mol. The highest BCUT2D eigenvalue weighted by Gasteiger charge is 2.45. The van der Waals surface area contributed by atoms with Gasteiger partial charge in [-0.05, 0) is 104 Å². The molecule has 24 heteroatoms. The molecule has 14 nitrogen and oxygen atoms in total. The van der Waals surface area contributed by atoms with Gasteiger partial charge in [-0.3, -0.25) is 0 Å². The molecule has 4 aliphatic heterocycles. The minimum atomic E-state index is -4.85. The molecular formula is C48H52Cl4F6N12O2. The number of aliphatic hydroxyl groups is 2.